The van der Waals surface area contributed by atoms with Crippen LogP contribution in [0.25, 0.3) is 0 Å². The lowest BCUT2D eigenvalue weighted by Crippen LogP contribution is -2.41. The molecule has 0 atom stereocenters. The second-order valence-electron chi connectivity index (χ2n) is 3.40. The number of rotatable bonds is 2. The highest BCUT2D eigenvalue weighted by atomic mass is 127. The maximum atomic E-state index is 9.85. The highest BCUT2D eigenvalue weighted by Crippen LogP contribution is 2.33. The number of nitrogens with zero attached hydrogens (tertiary/aromatic N) is 2. The topological polar surface area (TPSA) is 38.0 Å². The monoisotopic (exact) mass is 278 g/mol. The first-order valence-corrected chi connectivity index (χ1v) is 5.17. The number of imidazole rings is 1. The van der Waals surface area contributed by atoms with Gasteiger partial charge in [0.15, 0.2) is 3.83 Å². The van der Waals surface area contributed by atoms with Crippen molar-refractivity contribution in [3.63, 3.8) is 0 Å². The summed E-state index contributed by atoms with van der Waals surface area (Å²) in [5.41, 5.74) is -0.444. The van der Waals surface area contributed by atoms with E-state index in [0.29, 0.717) is 6.54 Å². The molecule has 0 saturated heterocycles. The summed E-state index contributed by atoms with van der Waals surface area (Å²) < 4.78 is 2.95. The Morgan fingerprint density at radius 2 is 2.42 bits per heavy atom. The fraction of sp³-hybridized carbons (Fsp3) is 0.625. The van der Waals surface area contributed by atoms with E-state index in [2.05, 4.69) is 27.6 Å². The molecule has 1 heterocycles. The van der Waals surface area contributed by atoms with Gasteiger partial charge in [0.05, 0.1) is 12.1 Å². The standard InChI is InChI=1S/C8H11IN2O/c9-7-10-4-5-11(7)6-8(12)2-1-3-8/h4-5,12H,1-3,6H2. The zero-order valence-corrected chi connectivity index (χ0v) is 8.86. The molecule has 1 N–H and O–H groups in total. The molecule has 1 fully saturated rings. The number of hydrogen-bond acceptors (Lipinski definition) is 2. The van der Waals surface area contributed by atoms with Crippen LogP contribution in [0.4, 0.5) is 0 Å². The lowest BCUT2D eigenvalue weighted by Gasteiger charge is -2.36. The fourth-order valence-corrected chi connectivity index (χ4v) is 1.98. The fourth-order valence-electron chi connectivity index (χ4n) is 1.49. The SMILES string of the molecule is OC1(Cn2ccnc2I)CCC1. The molecule has 4 heteroatoms. The third-order valence-corrected chi connectivity index (χ3v) is 3.31. The predicted octanol–water partition coefficient (Wildman–Crippen LogP) is 1.40. The maximum absolute atomic E-state index is 9.85. The molecule has 2 rings (SSSR count). The first-order chi connectivity index (χ1) is 5.70. The molecule has 66 valence electrons. The van der Waals surface area contributed by atoms with Crippen LogP contribution in [0.2, 0.25) is 0 Å². The second kappa shape index (κ2) is 2.99. The molecule has 1 aliphatic rings. The van der Waals surface area contributed by atoms with Gasteiger partial charge in [0.2, 0.25) is 0 Å². The number of hydrogen-bond donors (Lipinski definition) is 1. The van der Waals surface area contributed by atoms with Gasteiger partial charge in [-0.15, -0.1) is 0 Å². The first kappa shape index (κ1) is 8.50. The van der Waals surface area contributed by atoms with Crippen LogP contribution in [0, 0.1) is 3.83 Å². The van der Waals surface area contributed by atoms with Crippen LogP contribution < -0.4 is 0 Å². The van der Waals surface area contributed by atoms with E-state index in [1.54, 1.807) is 6.20 Å². The Bertz CT molecular complexity index is 280. The molecule has 1 aromatic rings. The molecule has 0 radical (unpaired) electrons. The van der Waals surface area contributed by atoms with Gasteiger partial charge in [0.25, 0.3) is 0 Å². The molecule has 0 bridgehead atoms. The van der Waals surface area contributed by atoms with Crippen LogP contribution in [-0.4, -0.2) is 20.3 Å². The van der Waals surface area contributed by atoms with Crippen LogP contribution in [0.15, 0.2) is 12.4 Å². The normalized spacial score (nSPS) is 20.5. The van der Waals surface area contributed by atoms with Crippen LogP contribution in [0.3, 0.4) is 0 Å². The van der Waals surface area contributed by atoms with Crippen molar-refractivity contribution in [1.29, 1.82) is 0 Å². The van der Waals surface area contributed by atoms with Gasteiger partial charge in [-0.05, 0) is 41.9 Å². The van der Waals surface area contributed by atoms with E-state index in [1.807, 2.05) is 10.8 Å². The van der Waals surface area contributed by atoms with E-state index in [1.165, 1.54) is 0 Å². The quantitative estimate of drug-likeness (QED) is 0.830. The largest absolute Gasteiger partial charge is 0.388 e. The van der Waals surface area contributed by atoms with E-state index < -0.39 is 5.60 Å². The minimum absolute atomic E-state index is 0.444. The van der Waals surface area contributed by atoms with Gasteiger partial charge >= 0.3 is 0 Å². The molecule has 0 aliphatic heterocycles. The van der Waals surface area contributed by atoms with Gasteiger partial charge in [-0.2, -0.15) is 0 Å². The highest BCUT2D eigenvalue weighted by Gasteiger charge is 2.34. The van der Waals surface area contributed by atoms with Crippen molar-refractivity contribution in [1.82, 2.24) is 9.55 Å². The average Bonchev–Trinajstić information content (AvgIpc) is 2.34. The minimum Gasteiger partial charge on any atom is -0.388 e. The van der Waals surface area contributed by atoms with E-state index in [-0.39, 0.29) is 0 Å². The summed E-state index contributed by atoms with van der Waals surface area (Å²) in [6, 6.07) is 0. The van der Waals surface area contributed by atoms with Crippen molar-refractivity contribution in [3.05, 3.63) is 16.2 Å². The van der Waals surface area contributed by atoms with Crippen molar-refractivity contribution in [3.8, 4) is 0 Å². The van der Waals surface area contributed by atoms with Crippen molar-refractivity contribution in [2.24, 2.45) is 0 Å². The zero-order chi connectivity index (χ0) is 8.60. The van der Waals surface area contributed by atoms with Gasteiger partial charge in [0, 0.05) is 12.4 Å². The van der Waals surface area contributed by atoms with Crippen LogP contribution in [0.1, 0.15) is 19.3 Å². The molecule has 1 saturated carbocycles. The number of halogens is 1. The highest BCUT2D eigenvalue weighted by molar-refractivity contribution is 14.1. The number of aliphatic hydroxyl groups is 1. The average molecular weight is 278 g/mol. The Morgan fingerprint density at radius 3 is 2.83 bits per heavy atom. The molecule has 12 heavy (non-hydrogen) atoms. The molecular weight excluding hydrogens is 267 g/mol. The maximum Gasteiger partial charge on any atom is 0.171 e. The Morgan fingerprint density at radius 1 is 1.67 bits per heavy atom. The Hall–Kier alpha value is -0.100. The zero-order valence-electron chi connectivity index (χ0n) is 6.70. The van der Waals surface area contributed by atoms with Gasteiger partial charge in [-0.3, -0.25) is 0 Å². The van der Waals surface area contributed by atoms with Gasteiger partial charge in [-0.25, -0.2) is 4.98 Å². The summed E-state index contributed by atoms with van der Waals surface area (Å²) in [6.45, 7) is 0.700. The van der Waals surface area contributed by atoms with E-state index in [0.717, 1.165) is 23.1 Å². The van der Waals surface area contributed by atoms with Crippen molar-refractivity contribution < 1.29 is 5.11 Å². The van der Waals surface area contributed by atoms with Gasteiger partial charge in [0.1, 0.15) is 0 Å². The third kappa shape index (κ3) is 1.50. The summed E-state index contributed by atoms with van der Waals surface area (Å²) in [7, 11) is 0. The Balaban J connectivity index is 2.08. The van der Waals surface area contributed by atoms with Crippen LogP contribution in [0.5, 0.6) is 0 Å². The summed E-state index contributed by atoms with van der Waals surface area (Å²) >= 11 is 2.18. The predicted molar refractivity (Wildman–Crippen MR) is 53.7 cm³/mol. The summed E-state index contributed by atoms with van der Waals surface area (Å²) in [5.74, 6) is 0. The molecule has 0 aromatic carbocycles. The summed E-state index contributed by atoms with van der Waals surface area (Å²) in [5, 5.41) is 9.85. The van der Waals surface area contributed by atoms with Crippen molar-refractivity contribution in [2.45, 2.75) is 31.4 Å². The molecule has 1 aliphatic carbocycles. The molecule has 0 amide bonds. The van der Waals surface area contributed by atoms with E-state index in [4.69, 9.17) is 0 Å². The van der Waals surface area contributed by atoms with Crippen molar-refractivity contribution >= 4 is 22.6 Å². The van der Waals surface area contributed by atoms with Crippen molar-refractivity contribution in [2.75, 3.05) is 0 Å². The molecule has 1 aromatic heterocycles. The second-order valence-corrected chi connectivity index (χ2v) is 4.37. The summed E-state index contributed by atoms with van der Waals surface area (Å²) in [6.07, 6.45) is 6.70. The van der Waals surface area contributed by atoms with E-state index in [9.17, 15) is 5.11 Å². The molecule has 3 nitrogen and oxygen atoms in total. The minimum atomic E-state index is -0.444. The molecular formula is C8H11IN2O. The lowest BCUT2D eigenvalue weighted by molar-refractivity contribution is -0.0478. The summed E-state index contributed by atoms with van der Waals surface area (Å²) in [4.78, 5) is 4.10. The van der Waals surface area contributed by atoms with Crippen LogP contribution >= 0.6 is 22.6 Å². The van der Waals surface area contributed by atoms with Crippen LogP contribution in [-0.2, 0) is 6.54 Å². The Labute approximate surface area is 84.9 Å². The first-order valence-electron chi connectivity index (χ1n) is 4.09. The van der Waals surface area contributed by atoms with Gasteiger partial charge < -0.3 is 9.67 Å². The van der Waals surface area contributed by atoms with E-state index >= 15 is 0 Å². The van der Waals surface area contributed by atoms with Gasteiger partial charge in [-0.1, -0.05) is 0 Å². The number of aromatic nitrogens is 2. The lowest BCUT2D eigenvalue weighted by atomic mass is 9.80. The Kier molecular flexibility index (Phi) is 2.12. The third-order valence-electron chi connectivity index (χ3n) is 2.41. The molecule has 0 unspecified atom stereocenters. The smallest absolute Gasteiger partial charge is 0.171 e. The molecule has 0 spiro atoms.